The van der Waals surface area contributed by atoms with E-state index in [1.54, 1.807) is 12.3 Å². The van der Waals surface area contributed by atoms with E-state index in [2.05, 4.69) is 28.9 Å². The number of hydrogen-bond donors (Lipinski definition) is 1. The molecule has 1 N–H and O–H groups in total. The van der Waals surface area contributed by atoms with Gasteiger partial charge in [-0.15, -0.1) is 0 Å². The number of aromatic nitrogens is 1. The Bertz CT molecular complexity index is 675. The fourth-order valence-corrected chi connectivity index (χ4v) is 3.36. The molecule has 1 aromatic heterocycles. The van der Waals surface area contributed by atoms with Crippen LogP contribution in [0.3, 0.4) is 0 Å². The number of aliphatic carboxylic acids is 1. The van der Waals surface area contributed by atoms with Gasteiger partial charge in [-0.05, 0) is 24.6 Å². The molecule has 1 saturated heterocycles. The number of benzene rings is 1. The van der Waals surface area contributed by atoms with Gasteiger partial charge in [0.15, 0.2) is 0 Å². The maximum Gasteiger partial charge on any atom is 0.308 e. The van der Waals surface area contributed by atoms with Crippen molar-refractivity contribution in [1.82, 2.24) is 9.88 Å². The first-order valence-corrected chi connectivity index (χ1v) is 8.07. The van der Waals surface area contributed by atoms with E-state index in [0.717, 1.165) is 5.69 Å². The molecule has 0 bridgehead atoms. The highest BCUT2D eigenvalue weighted by atomic mass is 35.5. The summed E-state index contributed by atoms with van der Waals surface area (Å²) in [5, 5.41) is 10.2. The molecule has 0 saturated carbocycles. The molecule has 1 aliphatic rings. The second-order valence-electron chi connectivity index (χ2n) is 5.99. The minimum Gasteiger partial charge on any atom is -0.481 e. The van der Waals surface area contributed by atoms with Crippen LogP contribution >= 0.6 is 11.6 Å². The summed E-state index contributed by atoms with van der Waals surface area (Å²) in [5.41, 5.74) is 1.99. The maximum atomic E-state index is 11.7. The van der Waals surface area contributed by atoms with Crippen LogP contribution < -0.4 is 0 Å². The standard InChI is InChI=1S/C18H19ClN2O2/c1-12(13-5-3-2-4-6-13)21-10-15(16(11-21)18(22)23)17-8-7-14(19)9-20-17/h2-9,12,15-16H,10-11H2,1H3,(H,22,23)/t12?,15-,16-/m1/s1. The van der Waals surface area contributed by atoms with E-state index in [-0.39, 0.29) is 12.0 Å². The van der Waals surface area contributed by atoms with Gasteiger partial charge < -0.3 is 5.11 Å². The first-order valence-electron chi connectivity index (χ1n) is 7.69. The Morgan fingerprint density at radius 3 is 2.61 bits per heavy atom. The van der Waals surface area contributed by atoms with Gasteiger partial charge in [0.2, 0.25) is 0 Å². The lowest BCUT2D eigenvalue weighted by atomic mass is 9.93. The Labute approximate surface area is 140 Å². The van der Waals surface area contributed by atoms with Crippen LogP contribution in [0.15, 0.2) is 48.7 Å². The summed E-state index contributed by atoms with van der Waals surface area (Å²) in [6.07, 6.45) is 1.58. The first-order chi connectivity index (χ1) is 11.1. The Hall–Kier alpha value is -1.91. The zero-order valence-corrected chi connectivity index (χ0v) is 13.6. The highest BCUT2D eigenvalue weighted by Crippen LogP contribution is 2.36. The van der Waals surface area contributed by atoms with E-state index in [4.69, 9.17) is 11.6 Å². The number of rotatable bonds is 4. The van der Waals surface area contributed by atoms with E-state index in [0.29, 0.717) is 18.1 Å². The molecule has 3 atom stereocenters. The van der Waals surface area contributed by atoms with Crippen molar-refractivity contribution in [2.45, 2.75) is 18.9 Å². The van der Waals surface area contributed by atoms with Gasteiger partial charge in [0.1, 0.15) is 0 Å². The zero-order chi connectivity index (χ0) is 16.4. The van der Waals surface area contributed by atoms with E-state index in [9.17, 15) is 9.90 Å². The molecule has 1 aliphatic heterocycles. The lowest BCUT2D eigenvalue weighted by molar-refractivity contribution is -0.141. The molecule has 0 amide bonds. The van der Waals surface area contributed by atoms with Crippen molar-refractivity contribution in [3.8, 4) is 0 Å². The molecular formula is C18H19ClN2O2. The highest BCUT2D eigenvalue weighted by Gasteiger charge is 2.41. The minimum absolute atomic E-state index is 0.115. The number of carboxylic acid groups (broad SMARTS) is 1. The topological polar surface area (TPSA) is 53.4 Å². The van der Waals surface area contributed by atoms with Crippen molar-refractivity contribution in [2.75, 3.05) is 13.1 Å². The molecule has 0 spiro atoms. The summed E-state index contributed by atoms with van der Waals surface area (Å²) in [6.45, 7) is 3.33. The zero-order valence-electron chi connectivity index (χ0n) is 12.9. The van der Waals surface area contributed by atoms with E-state index < -0.39 is 11.9 Å². The van der Waals surface area contributed by atoms with Gasteiger partial charge in [-0.1, -0.05) is 41.9 Å². The number of carboxylic acids is 1. The smallest absolute Gasteiger partial charge is 0.308 e. The molecule has 3 rings (SSSR count). The molecular weight excluding hydrogens is 312 g/mol. The molecule has 1 fully saturated rings. The summed E-state index contributed by atoms with van der Waals surface area (Å²) in [4.78, 5) is 18.2. The predicted octanol–water partition coefficient (Wildman–Crippen LogP) is 3.60. The lowest BCUT2D eigenvalue weighted by Crippen LogP contribution is -2.26. The Balaban J connectivity index is 1.83. The molecule has 120 valence electrons. The van der Waals surface area contributed by atoms with Gasteiger partial charge in [0, 0.05) is 36.9 Å². The molecule has 1 aromatic carbocycles. The quantitative estimate of drug-likeness (QED) is 0.930. The van der Waals surface area contributed by atoms with Crippen molar-refractivity contribution in [3.63, 3.8) is 0 Å². The number of hydrogen-bond acceptors (Lipinski definition) is 3. The number of pyridine rings is 1. The van der Waals surface area contributed by atoms with Crippen LogP contribution in [0.1, 0.15) is 30.1 Å². The fraction of sp³-hybridized carbons (Fsp3) is 0.333. The molecule has 2 heterocycles. The number of nitrogens with zero attached hydrogens (tertiary/aromatic N) is 2. The first kappa shape index (κ1) is 16.0. The molecule has 1 unspecified atom stereocenters. The highest BCUT2D eigenvalue weighted by molar-refractivity contribution is 6.30. The second kappa shape index (κ2) is 6.69. The summed E-state index contributed by atoms with van der Waals surface area (Å²) < 4.78 is 0. The Morgan fingerprint density at radius 2 is 2.00 bits per heavy atom. The molecule has 5 heteroatoms. The van der Waals surface area contributed by atoms with E-state index in [1.165, 1.54) is 5.56 Å². The molecule has 23 heavy (non-hydrogen) atoms. The van der Waals surface area contributed by atoms with Crippen molar-refractivity contribution in [1.29, 1.82) is 0 Å². The van der Waals surface area contributed by atoms with Gasteiger partial charge in [0.25, 0.3) is 0 Å². The predicted molar refractivity (Wildman–Crippen MR) is 89.5 cm³/mol. The minimum atomic E-state index is -0.769. The third-order valence-corrected chi connectivity index (χ3v) is 4.85. The van der Waals surface area contributed by atoms with Gasteiger partial charge in [0.05, 0.1) is 10.9 Å². The van der Waals surface area contributed by atoms with Crippen molar-refractivity contribution in [3.05, 3.63) is 64.9 Å². The molecule has 0 aliphatic carbocycles. The van der Waals surface area contributed by atoms with Crippen LogP contribution in [0.25, 0.3) is 0 Å². The van der Waals surface area contributed by atoms with Gasteiger partial charge in [-0.3, -0.25) is 14.7 Å². The summed E-state index contributed by atoms with van der Waals surface area (Å²) in [7, 11) is 0. The van der Waals surface area contributed by atoms with Gasteiger partial charge in [-0.25, -0.2) is 0 Å². The normalized spacial score (nSPS) is 22.9. The van der Waals surface area contributed by atoms with Crippen LogP contribution in [0.5, 0.6) is 0 Å². The Morgan fingerprint density at radius 1 is 1.26 bits per heavy atom. The molecule has 0 radical (unpaired) electrons. The molecule has 2 aromatic rings. The monoisotopic (exact) mass is 330 g/mol. The number of likely N-dealkylation sites (tertiary alicyclic amines) is 1. The fourth-order valence-electron chi connectivity index (χ4n) is 3.25. The largest absolute Gasteiger partial charge is 0.481 e. The van der Waals surface area contributed by atoms with Crippen LogP contribution in [0.2, 0.25) is 5.02 Å². The maximum absolute atomic E-state index is 11.7. The van der Waals surface area contributed by atoms with Crippen molar-refractivity contribution < 1.29 is 9.90 Å². The van der Waals surface area contributed by atoms with Gasteiger partial charge >= 0.3 is 5.97 Å². The summed E-state index contributed by atoms with van der Waals surface area (Å²) in [6, 6.07) is 13.9. The second-order valence-corrected chi connectivity index (χ2v) is 6.43. The van der Waals surface area contributed by atoms with E-state index >= 15 is 0 Å². The number of carbonyl (C=O) groups is 1. The van der Waals surface area contributed by atoms with Crippen LogP contribution in [-0.2, 0) is 4.79 Å². The SMILES string of the molecule is CC(c1ccccc1)N1C[C@@H](C(=O)O)[C@H](c2ccc(Cl)cn2)C1. The van der Waals surface area contributed by atoms with Crippen molar-refractivity contribution in [2.24, 2.45) is 5.92 Å². The van der Waals surface area contributed by atoms with Crippen LogP contribution in [-0.4, -0.2) is 34.0 Å². The Kier molecular flexibility index (Phi) is 4.64. The van der Waals surface area contributed by atoms with Crippen LogP contribution in [0.4, 0.5) is 0 Å². The average Bonchev–Trinajstić information content (AvgIpc) is 3.01. The van der Waals surface area contributed by atoms with Crippen LogP contribution in [0, 0.1) is 5.92 Å². The van der Waals surface area contributed by atoms with Crippen molar-refractivity contribution >= 4 is 17.6 Å². The molecule has 4 nitrogen and oxygen atoms in total. The summed E-state index contributed by atoms with van der Waals surface area (Å²) >= 11 is 5.89. The average molecular weight is 331 g/mol. The third-order valence-electron chi connectivity index (χ3n) is 4.63. The lowest BCUT2D eigenvalue weighted by Gasteiger charge is -2.24. The number of halogens is 1. The summed E-state index contributed by atoms with van der Waals surface area (Å²) in [5.74, 6) is -1.33. The van der Waals surface area contributed by atoms with E-state index in [1.807, 2.05) is 24.3 Å². The third kappa shape index (κ3) is 3.38. The van der Waals surface area contributed by atoms with Gasteiger partial charge in [-0.2, -0.15) is 0 Å².